The minimum absolute atomic E-state index is 0.185. The predicted molar refractivity (Wildman–Crippen MR) is 139 cm³/mol. The number of amides is 1. The third kappa shape index (κ3) is 5.05. The fourth-order valence-corrected chi connectivity index (χ4v) is 4.46. The van der Waals surface area contributed by atoms with E-state index in [1.807, 2.05) is 62.4 Å². The number of nitrogens with one attached hydrogen (secondary N) is 2. The van der Waals surface area contributed by atoms with Gasteiger partial charge in [-0.2, -0.15) is 0 Å². The van der Waals surface area contributed by atoms with Crippen molar-refractivity contribution in [3.05, 3.63) is 82.9 Å². The van der Waals surface area contributed by atoms with Gasteiger partial charge in [0.1, 0.15) is 6.04 Å². The molecule has 6 nitrogen and oxygen atoms in total. The molecule has 0 aliphatic carbocycles. The van der Waals surface area contributed by atoms with Crippen LogP contribution in [-0.2, 0) is 11.3 Å². The maximum Gasteiger partial charge on any atom is 0.326 e. The number of carbonyl (C=O) groups is 2. The number of rotatable bonds is 6. The highest BCUT2D eigenvalue weighted by molar-refractivity contribution is 7.80. The van der Waals surface area contributed by atoms with Gasteiger partial charge in [-0.3, -0.25) is 4.79 Å². The van der Waals surface area contributed by atoms with E-state index in [9.17, 15) is 14.7 Å². The Labute approximate surface area is 208 Å². The SMILES string of the molecule is CC(C)[C@@H](C(=O)O)N1Cc2cc(-c3ccc(NC(=S)Nc4ccc(Cl)cc4)cc3)ccc2C1=O. The first-order chi connectivity index (χ1) is 16.2. The minimum atomic E-state index is -0.983. The van der Waals surface area contributed by atoms with Gasteiger partial charge in [-0.05, 0) is 83.4 Å². The number of anilines is 2. The van der Waals surface area contributed by atoms with Crippen molar-refractivity contribution < 1.29 is 14.7 Å². The average Bonchev–Trinajstić information content (AvgIpc) is 3.10. The van der Waals surface area contributed by atoms with Crippen molar-refractivity contribution in [2.45, 2.75) is 26.4 Å². The lowest BCUT2D eigenvalue weighted by molar-refractivity contribution is -0.144. The first kappa shape index (κ1) is 23.7. The van der Waals surface area contributed by atoms with Gasteiger partial charge in [-0.1, -0.05) is 43.6 Å². The summed E-state index contributed by atoms with van der Waals surface area (Å²) >= 11 is 11.3. The summed E-state index contributed by atoms with van der Waals surface area (Å²) in [5.41, 5.74) is 5.01. The minimum Gasteiger partial charge on any atom is -0.480 e. The number of fused-ring (bicyclic) bond motifs is 1. The summed E-state index contributed by atoms with van der Waals surface area (Å²) in [5.74, 6) is -1.40. The third-order valence-corrected chi connectivity index (χ3v) is 6.19. The molecule has 0 aromatic heterocycles. The second kappa shape index (κ2) is 9.83. The van der Waals surface area contributed by atoms with Crippen molar-refractivity contribution in [2.24, 2.45) is 5.92 Å². The Kier molecular flexibility index (Phi) is 6.86. The fraction of sp³-hybridized carbons (Fsp3) is 0.192. The molecule has 1 atom stereocenters. The zero-order chi connectivity index (χ0) is 24.4. The summed E-state index contributed by atoms with van der Waals surface area (Å²) in [6.07, 6.45) is 0. The van der Waals surface area contributed by atoms with E-state index >= 15 is 0 Å². The van der Waals surface area contributed by atoms with Crippen LogP contribution in [0, 0.1) is 5.92 Å². The Balaban J connectivity index is 1.46. The van der Waals surface area contributed by atoms with Crippen LogP contribution in [0.2, 0.25) is 5.02 Å². The molecule has 174 valence electrons. The molecule has 0 spiro atoms. The van der Waals surface area contributed by atoms with Gasteiger partial charge in [0.05, 0.1) is 0 Å². The molecule has 0 unspecified atom stereocenters. The number of aliphatic carboxylic acids is 1. The molecule has 0 radical (unpaired) electrons. The number of carboxylic acid groups (broad SMARTS) is 1. The molecular formula is C26H24ClN3O3S. The highest BCUT2D eigenvalue weighted by Gasteiger charge is 2.38. The van der Waals surface area contributed by atoms with Gasteiger partial charge in [-0.25, -0.2) is 4.79 Å². The molecular weight excluding hydrogens is 470 g/mol. The fourth-order valence-electron chi connectivity index (χ4n) is 4.10. The van der Waals surface area contributed by atoms with Crippen LogP contribution in [-0.4, -0.2) is 33.0 Å². The predicted octanol–water partition coefficient (Wildman–Crippen LogP) is 5.88. The molecule has 1 heterocycles. The van der Waals surface area contributed by atoms with Crippen molar-refractivity contribution in [1.29, 1.82) is 0 Å². The van der Waals surface area contributed by atoms with E-state index in [1.54, 1.807) is 18.2 Å². The maximum absolute atomic E-state index is 12.8. The molecule has 3 aromatic rings. The summed E-state index contributed by atoms with van der Waals surface area (Å²) in [6.45, 7) is 3.92. The van der Waals surface area contributed by atoms with Crippen LogP contribution in [0.5, 0.6) is 0 Å². The molecule has 1 aliphatic rings. The number of carbonyl (C=O) groups excluding carboxylic acids is 1. The van der Waals surface area contributed by atoms with E-state index < -0.39 is 12.0 Å². The van der Waals surface area contributed by atoms with Gasteiger partial charge in [-0.15, -0.1) is 0 Å². The standard InChI is InChI=1S/C26H24ClN3O3S/c1-15(2)23(25(32)33)30-14-18-13-17(5-12-22(18)24(30)31)16-3-8-20(9-4-16)28-26(34)29-21-10-6-19(27)7-11-21/h3-13,15,23H,14H2,1-2H3,(H,32,33)(H2,28,29,34)/t23-/m0/s1. The molecule has 0 saturated carbocycles. The van der Waals surface area contributed by atoms with Crippen LogP contribution in [0.25, 0.3) is 11.1 Å². The molecule has 0 bridgehead atoms. The van der Waals surface area contributed by atoms with Crippen molar-refractivity contribution in [3.63, 3.8) is 0 Å². The number of benzene rings is 3. The van der Waals surface area contributed by atoms with Crippen LogP contribution in [0.1, 0.15) is 29.8 Å². The lowest BCUT2D eigenvalue weighted by Crippen LogP contribution is -2.44. The third-order valence-electron chi connectivity index (χ3n) is 5.74. The number of carboxylic acids is 1. The van der Waals surface area contributed by atoms with Crippen LogP contribution in [0.15, 0.2) is 66.7 Å². The van der Waals surface area contributed by atoms with Gasteiger partial charge in [0, 0.05) is 28.5 Å². The first-order valence-electron chi connectivity index (χ1n) is 10.8. The second-order valence-corrected chi connectivity index (χ2v) is 9.34. The average molecular weight is 494 g/mol. The van der Waals surface area contributed by atoms with Crippen LogP contribution < -0.4 is 10.6 Å². The van der Waals surface area contributed by atoms with Gasteiger partial charge in [0.2, 0.25) is 0 Å². The monoisotopic (exact) mass is 493 g/mol. The number of halogens is 1. The number of thiocarbonyl (C=S) groups is 1. The highest BCUT2D eigenvalue weighted by atomic mass is 35.5. The Hall–Kier alpha value is -3.42. The molecule has 3 N–H and O–H groups in total. The Morgan fingerprint density at radius 1 is 0.971 bits per heavy atom. The molecule has 8 heteroatoms. The summed E-state index contributed by atoms with van der Waals surface area (Å²) in [6, 6.07) is 19.8. The van der Waals surface area contributed by atoms with E-state index in [4.69, 9.17) is 23.8 Å². The van der Waals surface area contributed by atoms with Crippen molar-refractivity contribution in [2.75, 3.05) is 10.6 Å². The molecule has 1 aliphatic heterocycles. The Bertz CT molecular complexity index is 1240. The van der Waals surface area contributed by atoms with Crippen LogP contribution in [0.3, 0.4) is 0 Å². The number of nitrogens with zero attached hydrogens (tertiary/aromatic N) is 1. The quantitative estimate of drug-likeness (QED) is 0.372. The lowest BCUT2D eigenvalue weighted by Gasteiger charge is -2.27. The largest absolute Gasteiger partial charge is 0.480 e. The lowest BCUT2D eigenvalue weighted by atomic mass is 10.0. The topological polar surface area (TPSA) is 81.7 Å². The maximum atomic E-state index is 12.8. The van der Waals surface area contributed by atoms with Gasteiger partial charge >= 0.3 is 5.97 Å². The summed E-state index contributed by atoms with van der Waals surface area (Å²) in [4.78, 5) is 26.0. The van der Waals surface area contributed by atoms with E-state index in [-0.39, 0.29) is 11.8 Å². The first-order valence-corrected chi connectivity index (χ1v) is 11.6. The number of hydrogen-bond acceptors (Lipinski definition) is 3. The van der Waals surface area contributed by atoms with Crippen LogP contribution >= 0.6 is 23.8 Å². The van der Waals surface area contributed by atoms with Gasteiger partial charge < -0.3 is 20.6 Å². The molecule has 0 saturated heterocycles. The van der Waals surface area contributed by atoms with Gasteiger partial charge in [0.15, 0.2) is 5.11 Å². The Morgan fingerprint density at radius 2 is 1.53 bits per heavy atom. The van der Waals surface area contributed by atoms with E-state index in [2.05, 4.69) is 10.6 Å². The molecule has 1 amide bonds. The smallest absolute Gasteiger partial charge is 0.326 e. The molecule has 34 heavy (non-hydrogen) atoms. The normalized spacial score (nSPS) is 13.5. The van der Waals surface area contributed by atoms with E-state index in [0.717, 1.165) is 28.1 Å². The molecule has 4 rings (SSSR count). The summed E-state index contributed by atoms with van der Waals surface area (Å²) in [7, 11) is 0. The van der Waals surface area contributed by atoms with Crippen molar-refractivity contribution in [1.82, 2.24) is 4.90 Å². The number of hydrogen-bond donors (Lipinski definition) is 3. The van der Waals surface area contributed by atoms with Crippen molar-refractivity contribution in [3.8, 4) is 11.1 Å². The molecule has 0 fully saturated rings. The zero-order valence-corrected chi connectivity index (χ0v) is 20.3. The highest BCUT2D eigenvalue weighted by Crippen LogP contribution is 2.31. The summed E-state index contributed by atoms with van der Waals surface area (Å²) < 4.78 is 0. The van der Waals surface area contributed by atoms with E-state index in [0.29, 0.717) is 22.2 Å². The van der Waals surface area contributed by atoms with Crippen molar-refractivity contribution >= 4 is 52.2 Å². The van der Waals surface area contributed by atoms with Crippen LogP contribution in [0.4, 0.5) is 11.4 Å². The second-order valence-electron chi connectivity index (χ2n) is 8.50. The molecule has 3 aromatic carbocycles. The summed E-state index contributed by atoms with van der Waals surface area (Å²) in [5, 5.41) is 17.0. The Morgan fingerprint density at radius 3 is 2.09 bits per heavy atom. The van der Waals surface area contributed by atoms with Gasteiger partial charge in [0.25, 0.3) is 5.91 Å². The van der Waals surface area contributed by atoms with E-state index in [1.165, 1.54) is 4.90 Å². The zero-order valence-electron chi connectivity index (χ0n) is 18.7.